The van der Waals surface area contributed by atoms with Gasteiger partial charge in [-0.2, -0.15) is 4.31 Å². The number of carbonyl (C=O) groups is 1. The number of hydrogen-bond donors (Lipinski definition) is 1. The predicted octanol–water partition coefficient (Wildman–Crippen LogP) is 0.854. The van der Waals surface area contributed by atoms with Gasteiger partial charge in [-0.3, -0.25) is 0 Å². The summed E-state index contributed by atoms with van der Waals surface area (Å²) in [7, 11) is 0.722. The Morgan fingerprint density at radius 2 is 2.09 bits per heavy atom. The third-order valence-electron chi connectivity index (χ3n) is 3.99. The van der Waals surface area contributed by atoms with E-state index in [9.17, 15) is 13.2 Å². The Morgan fingerprint density at radius 1 is 1.35 bits per heavy atom. The number of rotatable bonds is 5. The third kappa shape index (κ3) is 3.65. The number of sulfonamides is 1. The zero-order valence-electron chi connectivity index (χ0n) is 13.5. The first-order chi connectivity index (χ1) is 10.9. The monoisotopic (exact) mass is 342 g/mol. The van der Waals surface area contributed by atoms with Crippen LogP contribution < -0.4 is 10.1 Å². The molecule has 23 heavy (non-hydrogen) atoms. The Labute approximate surface area is 136 Å². The predicted molar refractivity (Wildman–Crippen MR) is 85.2 cm³/mol. The zero-order chi connectivity index (χ0) is 17.0. The Balaban J connectivity index is 2.43. The number of nitrogens with zero attached hydrogens (tertiary/aromatic N) is 1. The van der Waals surface area contributed by atoms with E-state index in [2.05, 4.69) is 10.1 Å². The summed E-state index contributed by atoms with van der Waals surface area (Å²) in [6.07, 6.45) is 1.71. The van der Waals surface area contributed by atoms with Gasteiger partial charge in [-0.05, 0) is 38.1 Å². The average Bonchev–Trinajstić information content (AvgIpc) is 2.60. The van der Waals surface area contributed by atoms with Crippen molar-refractivity contribution in [3.8, 4) is 5.75 Å². The lowest BCUT2D eigenvalue weighted by Gasteiger charge is -2.32. The molecule has 0 aromatic heterocycles. The summed E-state index contributed by atoms with van der Waals surface area (Å²) in [4.78, 5) is 11.7. The first-order valence-electron chi connectivity index (χ1n) is 7.37. The second kappa shape index (κ2) is 7.29. The first kappa shape index (κ1) is 17.7. The summed E-state index contributed by atoms with van der Waals surface area (Å²) in [5, 5.41) is 3.11. The van der Waals surface area contributed by atoms with Crippen molar-refractivity contribution in [1.82, 2.24) is 9.62 Å². The number of piperidine rings is 1. The van der Waals surface area contributed by atoms with Gasteiger partial charge in [-0.15, -0.1) is 0 Å². The molecule has 128 valence electrons. The van der Waals surface area contributed by atoms with E-state index in [1.165, 1.54) is 36.7 Å². The van der Waals surface area contributed by atoms with Crippen molar-refractivity contribution in [3.63, 3.8) is 0 Å². The van der Waals surface area contributed by atoms with E-state index in [4.69, 9.17) is 4.74 Å². The molecule has 0 amide bonds. The number of ether oxygens (including phenoxy) is 2. The standard InChI is InChI=1S/C15H22N2O5S/c1-16-12-5-4-8-17(10-12)23(19,20)14-9-11(15(18)22-3)6-7-13(14)21-2/h6-7,9,12,16H,4-5,8,10H2,1-3H3. The van der Waals surface area contributed by atoms with Gasteiger partial charge in [-0.25, -0.2) is 13.2 Å². The summed E-state index contributed by atoms with van der Waals surface area (Å²) in [5.74, 6) is -0.375. The quantitative estimate of drug-likeness (QED) is 0.799. The Bertz CT molecular complexity index is 674. The third-order valence-corrected chi connectivity index (χ3v) is 5.88. The van der Waals surface area contributed by atoms with Crippen LogP contribution >= 0.6 is 0 Å². The maximum atomic E-state index is 13.0. The van der Waals surface area contributed by atoms with Crippen molar-refractivity contribution in [3.05, 3.63) is 23.8 Å². The van der Waals surface area contributed by atoms with Crippen LogP contribution in [0, 0.1) is 0 Å². The number of benzene rings is 1. The maximum absolute atomic E-state index is 13.0. The van der Waals surface area contributed by atoms with Gasteiger partial charge >= 0.3 is 5.97 Å². The second-order valence-electron chi connectivity index (χ2n) is 5.35. The van der Waals surface area contributed by atoms with E-state index in [-0.39, 0.29) is 22.3 Å². The van der Waals surface area contributed by atoms with Crippen LogP contribution in [0.2, 0.25) is 0 Å². The summed E-state index contributed by atoms with van der Waals surface area (Å²) in [5.41, 5.74) is 0.175. The van der Waals surface area contributed by atoms with Crippen molar-refractivity contribution in [2.75, 3.05) is 34.4 Å². The number of hydrogen-bond acceptors (Lipinski definition) is 6. The summed E-state index contributed by atoms with van der Waals surface area (Å²) >= 11 is 0. The highest BCUT2D eigenvalue weighted by Gasteiger charge is 2.32. The van der Waals surface area contributed by atoms with Crippen molar-refractivity contribution in [2.45, 2.75) is 23.8 Å². The summed E-state index contributed by atoms with van der Waals surface area (Å²) < 4.78 is 37.2. The molecule has 0 radical (unpaired) electrons. The van der Waals surface area contributed by atoms with Crippen LogP contribution in [-0.4, -0.2) is 59.1 Å². The van der Waals surface area contributed by atoms with Gasteiger partial charge in [0.05, 0.1) is 19.8 Å². The van der Waals surface area contributed by atoms with Gasteiger partial charge in [0.15, 0.2) is 0 Å². The molecule has 0 aliphatic carbocycles. The zero-order valence-corrected chi connectivity index (χ0v) is 14.4. The van der Waals surface area contributed by atoms with E-state index in [1.54, 1.807) is 0 Å². The van der Waals surface area contributed by atoms with Crippen LogP contribution in [0.5, 0.6) is 5.75 Å². The molecule has 2 rings (SSSR count). The molecule has 1 unspecified atom stereocenters. The van der Waals surface area contributed by atoms with E-state index in [0.717, 1.165) is 12.8 Å². The molecule has 0 spiro atoms. The summed E-state index contributed by atoms with van der Waals surface area (Å²) in [6, 6.07) is 4.38. The molecule has 1 atom stereocenters. The molecule has 0 saturated carbocycles. The highest BCUT2D eigenvalue weighted by atomic mass is 32.2. The van der Waals surface area contributed by atoms with Gasteiger partial charge in [0.1, 0.15) is 10.6 Å². The molecule has 1 aliphatic heterocycles. The molecule has 1 aliphatic rings. The Morgan fingerprint density at radius 3 is 2.70 bits per heavy atom. The van der Waals surface area contributed by atoms with Crippen LogP contribution in [0.25, 0.3) is 0 Å². The highest BCUT2D eigenvalue weighted by molar-refractivity contribution is 7.89. The molecule has 1 saturated heterocycles. The average molecular weight is 342 g/mol. The fraction of sp³-hybridized carbons (Fsp3) is 0.533. The Hall–Kier alpha value is -1.64. The van der Waals surface area contributed by atoms with Crippen molar-refractivity contribution in [1.29, 1.82) is 0 Å². The van der Waals surface area contributed by atoms with E-state index in [1.807, 2.05) is 7.05 Å². The van der Waals surface area contributed by atoms with Gasteiger partial charge in [-0.1, -0.05) is 0 Å². The van der Waals surface area contributed by atoms with Crippen LogP contribution in [0.1, 0.15) is 23.2 Å². The molecule has 0 bridgehead atoms. The molecule has 1 aromatic carbocycles. The van der Waals surface area contributed by atoms with Gasteiger partial charge in [0.2, 0.25) is 10.0 Å². The van der Waals surface area contributed by atoms with E-state index in [0.29, 0.717) is 13.1 Å². The lowest BCUT2D eigenvalue weighted by molar-refractivity contribution is 0.0600. The molecular weight excluding hydrogens is 320 g/mol. The second-order valence-corrected chi connectivity index (χ2v) is 7.25. The fourth-order valence-electron chi connectivity index (χ4n) is 2.66. The number of methoxy groups -OCH3 is 2. The number of carbonyl (C=O) groups excluding carboxylic acids is 1. The SMILES string of the molecule is CNC1CCCN(S(=O)(=O)c2cc(C(=O)OC)ccc2OC)C1. The van der Waals surface area contributed by atoms with Crippen LogP contribution in [-0.2, 0) is 14.8 Å². The molecule has 1 fully saturated rings. The van der Waals surface area contributed by atoms with Crippen LogP contribution in [0.3, 0.4) is 0 Å². The normalized spacial score (nSPS) is 19.3. The number of likely N-dealkylation sites (N-methyl/N-ethyl adjacent to an activating group) is 1. The minimum absolute atomic E-state index is 0.0142. The molecule has 1 N–H and O–H groups in total. The van der Waals surface area contributed by atoms with Crippen LogP contribution in [0.15, 0.2) is 23.1 Å². The van der Waals surface area contributed by atoms with Crippen molar-refractivity contribution in [2.24, 2.45) is 0 Å². The van der Waals surface area contributed by atoms with Gasteiger partial charge in [0.25, 0.3) is 0 Å². The Kier molecular flexibility index (Phi) is 5.61. The molecule has 7 nitrogen and oxygen atoms in total. The molecular formula is C15H22N2O5S. The van der Waals surface area contributed by atoms with E-state index >= 15 is 0 Å². The number of esters is 1. The number of nitrogens with one attached hydrogen (secondary N) is 1. The summed E-state index contributed by atoms with van der Waals surface area (Å²) in [6.45, 7) is 0.844. The molecule has 1 heterocycles. The lowest BCUT2D eigenvalue weighted by atomic mass is 10.1. The first-order valence-corrected chi connectivity index (χ1v) is 8.81. The topological polar surface area (TPSA) is 84.9 Å². The van der Waals surface area contributed by atoms with Gasteiger partial charge < -0.3 is 14.8 Å². The van der Waals surface area contributed by atoms with Crippen LogP contribution in [0.4, 0.5) is 0 Å². The fourth-order valence-corrected chi connectivity index (χ4v) is 4.36. The highest BCUT2D eigenvalue weighted by Crippen LogP contribution is 2.29. The maximum Gasteiger partial charge on any atom is 0.337 e. The lowest BCUT2D eigenvalue weighted by Crippen LogP contribution is -2.46. The molecule has 1 aromatic rings. The minimum Gasteiger partial charge on any atom is -0.495 e. The smallest absolute Gasteiger partial charge is 0.337 e. The minimum atomic E-state index is -3.75. The van der Waals surface area contributed by atoms with Crippen molar-refractivity contribution >= 4 is 16.0 Å². The van der Waals surface area contributed by atoms with E-state index < -0.39 is 16.0 Å². The molecule has 8 heteroatoms. The van der Waals surface area contributed by atoms with Crippen molar-refractivity contribution < 1.29 is 22.7 Å². The largest absolute Gasteiger partial charge is 0.495 e. The van der Waals surface area contributed by atoms with Gasteiger partial charge in [0, 0.05) is 19.1 Å².